The minimum absolute atomic E-state index is 0.199. The zero-order valence-electron chi connectivity index (χ0n) is 8.26. The van der Waals surface area contributed by atoms with E-state index < -0.39 is 0 Å². The van der Waals surface area contributed by atoms with Crippen molar-refractivity contribution in [2.45, 2.75) is 45.6 Å². The summed E-state index contributed by atoms with van der Waals surface area (Å²) in [5.74, 6) is 0. The molecule has 1 N–H and O–H groups in total. The van der Waals surface area contributed by atoms with Gasteiger partial charge in [-0.1, -0.05) is 0 Å². The van der Waals surface area contributed by atoms with Crippen LogP contribution in [0.2, 0.25) is 0 Å². The van der Waals surface area contributed by atoms with Crippen molar-refractivity contribution in [2.24, 2.45) is 0 Å². The second-order valence-corrected chi connectivity index (χ2v) is 4.04. The molecule has 0 spiro atoms. The van der Waals surface area contributed by atoms with Gasteiger partial charge in [-0.2, -0.15) is 0 Å². The molecule has 3 heteroatoms. The van der Waals surface area contributed by atoms with Crippen LogP contribution in [-0.2, 0) is 12.8 Å². The number of hydrogen-bond acceptors (Lipinski definition) is 1. The smallest absolute Gasteiger partial charge is 0.270 e. The van der Waals surface area contributed by atoms with Crippen molar-refractivity contribution in [1.82, 2.24) is 9.78 Å². The quantitative estimate of drug-likeness (QED) is 0.701. The zero-order valence-corrected chi connectivity index (χ0v) is 8.26. The van der Waals surface area contributed by atoms with Gasteiger partial charge in [-0.15, -0.1) is 0 Å². The minimum Gasteiger partial charge on any atom is -0.299 e. The average Bonchev–Trinajstić information content (AvgIpc) is 2.45. The van der Waals surface area contributed by atoms with E-state index in [9.17, 15) is 4.79 Å². The summed E-state index contributed by atoms with van der Waals surface area (Å²) in [6.45, 7) is 4.06. The van der Waals surface area contributed by atoms with Crippen LogP contribution in [0, 0.1) is 0 Å². The molecule has 1 aromatic heterocycles. The fourth-order valence-electron chi connectivity index (χ4n) is 1.97. The van der Waals surface area contributed by atoms with Crippen molar-refractivity contribution < 1.29 is 0 Å². The SMILES string of the molecule is CC(C)n1[nH]c2c(c1=O)CCCC2. The Bertz CT molecular complexity index is 359. The number of hydrogen-bond donors (Lipinski definition) is 1. The molecule has 2 rings (SSSR count). The van der Waals surface area contributed by atoms with Crippen molar-refractivity contribution in [3.05, 3.63) is 21.6 Å². The molecule has 3 nitrogen and oxygen atoms in total. The zero-order chi connectivity index (χ0) is 9.42. The largest absolute Gasteiger partial charge is 0.299 e. The summed E-state index contributed by atoms with van der Waals surface area (Å²) in [5, 5.41) is 3.21. The van der Waals surface area contributed by atoms with Crippen LogP contribution in [0.15, 0.2) is 4.79 Å². The summed E-state index contributed by atoms with van der Waals surface area (Å²) in [5.41, 5.74) is 2.40. The van der Waals surface area contributed by atoms with E-state index in [4.69, 9.17) is 0 Å². The molecule has 0 aliphatic heterocycles. The van der Waals surface area contributed by atoms with Gasteiger partial charge in [0, 0.05) is 17.3 Å². The van der Waals surface area contributed by atoms with Gasteiger partial charge in [0.1, 0.15) is 0 Å². The van der Waals surface area contributed by atoms with Crippen LogP contribution in [0.4, 0.5) is 0 Å². The molecule has 1 aliphatic rings. The van der Waals surface area contributed by atoms with Gasteiger partial charge in [0.15, 0.2) is 0 Å². The van der Waals surface area contributed by atoms with Crippen molar-refractivity contribution in [3.63, 3.8) is 0 Å². The van der Waals surface area contributed by atoms with Crippen molar-refractivity contribution in [2.75, 3.05) is 0 Å². The maximum atomic E-state index is 11.8. The highest BCUT2D eigenvalue weighted by atomic mass is 16.1. The van der Waals surface area contributed by atoms with Gasteiger partial charge in [-0.25, -0.2) is 0 Å². The van der Waals surface area contributed by atoms with E-state index >= 15 is 0 Å². The Morgan fingerprint density at radius 2 is 2.00 bits per heavy atom. The van der Waals surface area contributed by atoms with Crippen LogP contribution in [-0.4, -0.2) is 9.78 Å². The lowest BCUT2D eigenvalue weighted by Crippen LogP contribution is -2.21. The Morgan fingerprint density at radius 3 is 2.62 bits per heavy atom. The van der Waals surface area contributed by atoms with Crippen molar-refractivity contribution in [1.29, 1.82) is 0 Å². The third kappa shape index (κ3) is 1.32. The standard InChI is InChI=1S/C10H16N2O/c1-7(2)12-10(13)8-5-3-4-6-9(8)11-12/h7,11H,3-6H2,1-2H3. The Hall–Kier alpha value is -0.990. The molecule has 13 heavy (non-hydrogen) atoms. The van der Waals surface area contributed by atoms with Crippen LogP contribution >= 0.6 is 0 Å². The monoisotopic (exact) mass is 180 g/mol. The van der Waals surface area contributed by atoms with Gasteiger partial charge in [0.05, 0.1) is 0 Å². The number of aryl methyl sites for hydroxylation is 1. The third-order valence-electron chi connectivity index (χ3n) is 2.72. The molecule has 1 aromatic rings. The molecule has 0 saturated carbocycles. The molecule has 0 aromatic carbocycles. The fraction of sp³-hybridized carbons (Fsp3) is 0.700. The molecule has 0 atom stereocenters. The number of nitrogens with one attached hydrogen (secondary N) is 1. The molecular formula is C10H16N2O. The predicted molar refractivity (Wildman–Crippen MR) is 52.1 cm³/mol. The number of aromatic nitrogens is 2. The minimum atomic E-state index is 0.199. The maximum Gasteiger partial charge on any atom is 0.270 e. The van der Waals surface area contributed by atoms with E-state index in [1.807, 2.05) is 13.8 Å². The van der Waals surface area contributed by atoms with Gasteiger partial charge in [0.25, 0.3) is 5.56 Å². The van der Waals surface area contributed by atoms with Crippen LogP contribution in [0.1, 0.15) is 44.0 Å². The fourth-order valence-corrected chi connectivity index (χ4v) is 1.97. The lowest BCUT2D eigenvalue weighted by molar-refractivity contribution is 0.511. The van der Waals surface area contributed by atoms with Gasteiger partial charge in [0.2, 0.25) is 0 Å². The van der Waals surface area contributed by atoms with Crippen LogP contribution < -0.4 is 5.56 Å². The molecule has 0 amide bonds. The Labute approximate surface area is 77.7 Å². The van der Waals surface area contributed by atoms with E-state index in [0.29, 0.717) is 0 Å². The summed E-state index contributed by atoms with van der Waals surface area (Å²) in [6.07, 6.45) is 4.39. The Morgan fingerprint density at radius 1 is 1.31 bits per heavy atom. The highest BCUT2D eigenvalue weighted by molar-refractivity contribution is 5.20. The third-order valence-corrected chi connectivity index (χ3v) is 2.72. The molecule has 0 saturated heterocycles. The summed E-state index contributed by atoms with van der Waals surface area (Å²) >= 11 is 0. The molecule has 1 heterocycles. The first kappa shape index (κ1) is 8.60. The van der Waals surface area contributed by atoms with E-state index in [1.54, 1.807) is 4.68 Å². The predicted octanol–water partition coefficient (Wildman–Crippen LogP) is 1.64. The molecular weight excluding hydrogens is 164 g/mol. The first-order chi connectivity index (χ1) is 6.20. The maximum absolute atomic E-state index is 11.8. The van der Waals surface area contributed by atoms with Crippen LogP contribution in [0.3, 0.4) is 0 Å². The molecule has 1 aliphatic carbocycles. The highest BCUT2D eigenvalue weighted by Gasteiger charge is 2.17. The summed E-state index contributed by atoms with van der Waals surface area (Å²) in [6, 6.07) is 0.248. The average molecular weight is 180 g/mol. The molecule has 72 valence electrons. The van der Waals surface area contributed by atoms with Gasteiger partial charge in [-0.05, 0) is 39.5 Å². The highest BCUT2D eigenvalue weighted by Crippen LogP contribution is 2.17. The lowest BCUT2D eigenvalue weighted by Gasteiger charge is -2.07. The Balaban J connectivity index is 2.51. The molecule has 0 fully saturated rings. The number of H-pyrrole nitrogens is 1. The summed E-state index contributed by atoms with van der Waals surface area (Å²) < 4.78 is 1.75. The normalized spacial score (nSPS) is 16.2. The summed E-state index contributed by atoms with van der Waals surface area (Å²) in [7, 11) is 0. The number of aromatic amines is 1. The van der Waals surface area contributed by atoms with Crippen LogP contribution in [0.25, 0.3) is 0 Å². The first-order valence-corrected chi connectivity index (χ1v) is 5.02. The van der Waals surface area contributed by atoms with E-state index in [0.717, 1.165) is 24.8 Å². The Kier molecular flexibility index (Phi) is 2.02. The van der Waals surface area contributed by atoms with Crippen molar-refractivity contribution in [3.8, 4) is 0 Å². The van der Waals surface area contributed by atoms with E-state index in [2.05, 4.69) is 5.10 Å². The summed E-state index contributed by atoms with van der Waals surface area (Å²) in [4.78, 5) is 11.8. The molecule has 0 radical (unpaired) electrons. The second kappa shape index (κ2) is 3.05. The van der Waals surface area contributed by atoms with E-state index in [-0.39, 0.29) is 11.6 Å². The van der Waals surface area contributed by atoms with Gasteiger partial charge in [-0.3, -0.25) is 14.6 Å². The van der Waals surface area contributed by atoms with Gasteiger partial charge < -0.3 is 0 Å². The topological polar surface area (TPSA) is 37.8 Å². The van der Waals surface area contributed by atoms with Gasteiger partial charge >= 0.3 is 0 Å². The second-order valence-electron chi connectivity index (χ2n) is 4.04. The molecule has 0 bridgehead atoms. The van der Waals surface area contributed by atoms with Crippen LogP contribution in [0.5, 0.6) is 0 Å². The number of fused-ring (bicyclic) bond motifs is 1. The molecule has 0 unspecified atom stereocenters. The lowest BCUT2D eigenvalue weighted by atomic mass is 9.98. The number of rotatable bonds is 1. The van der Waals surface area contributed by atoms with E-state index in [1.165, 1.54) is 12.1 Å². The first-order valence-electron chi connectivity index (χ1n) is 5.02. The van der Waals surface area contributed by atoms with Crippen molar-refractivity contribution >= 4 is 0 Å². The number of nitrogens with zero attached hydrogens (tertiary/aromatic N) is 1.